The van der Waals surface area contributed by atoms with Crippen molar-refractivity contribution in [3.8, 4) is 5.75 Å². The quantitative estimate of drug-likeness (QED) is 0.849. The lowest BCUT2D eigenvalue weighted by Gasteiger charge is -2.09. The van der Waals surface area contributed by atoms with Crippen LogP contribution in [0, 0.1) is 0 Å². The molecule has 0 aliphatic heterocycles. The predicted octanol–water partition coefficient (Wildman–Crippen LogP) is 1.73. The maximum absolute atomic E-state index is 11.6. The second kappa shape index (κ2) is 6.81. The second-order valence-corrected chi connectivity index (χ2v) is 4.59. The molecule has 0 fully saturated rings. The number of benzene rings is 1. The van der Waals surface area contributed by atoms with E-state index in [0.717, 1.165) is 0 Å². The number of ether oxygens (including phenoxy) is 1. The average molecular weight is 309 g/mol. The molecule has 3 N–H and O–H groups in total. The van der Waals surface area contributed by atoms with Crippen molar-refractivity contribution in [1.29, 1.82) is 0 Å². The predicted molar refractivity (Wildman–Crippen MR) is 76.0 cm³/mol. The van der Waals surface area contributed by atoms with Crippen LogP contribution in [0.5, 0.6) is 5.75 Å². The first kappa shape index (κ1) is 14.9. The van der Waals surface area contributed by atoms with Crippen LogP contribution in [0.2, 0.25) is 5.02 Å². The summed E-state index contributed by atoms with van der Waals surface area (Å²) >= 11 is 5.78. The maximum Gasteiger partial charge on any atom is 0.258 e. The summed E-state index contributed by atoms with van der Waals surface area (Å²) in [5, 5.41) is 2.98. The lowest BCUT2D eigenvalue weighted by atomic mass is 10.2. The molecule has 0 aliphatic carbocycles. The van der Waals surface area contributed by atoms with Crippen molar-refractivity contribution in [2.75, 3.05) is 6.61 Å². The van der Waals surface area contributed by atoms with Crippen molar-refractivity contribution in [2.24, 2.45) is 5.73 Å². The molecular weight excluding hydrogens is 296 g/mol. The van der Waals surface area contributed by atoms with Crippen LogP contribution in [0.3, 0.4) is 0 Å². The minimum atomic E-state index is -0.677. The van der Waals surface area contributed by atoms with Crippen LogP contribution < -0.4 is 15.8 Å². The van der Waals surface area contributed by atoms with Gasteiger partial charge in [-0.3, -0.25) is 9.59 Å². The zero-order valence-electron chi connectivity index (χ0n) is 11.0. The molecule has 0 radical (unpaired) electrons. The Morgan fingerprint density at radius 3 is 2.81 bits per heavy atom. The van der Waals surface area contributed by atoms with Crippen molar-refractivity contribution in [3.63, 3.8) is 0 Å². The topological polar surface area (TPSA) is 94.6 Å². The van der Waals surface area contributed by atoms with Gasteiger partial charge in [-0.05, 0) is 30.3 Å². The number of amides is 2. The molecule has 0 atom stereocenters. The number of nitrogens with one attached hydrogen (secondary N) is 1. The van der Waals surface area contributed by atoms with Gasteiger partial charge in [0.15, 0.2) is 6.61 Å². The van der Waals surface area contributed by atoms with E-state index in [9.17, 15) is 9.59 Å². The summed E-state index contributed by atoms with van der Waals surface area (Å²) in [5.74, 6) is -0.187. The highest BCUT2D eigenvalue weighted by molar-refractivity contribution is 6.31. The number of hydrogen-bond donors (Lipinski definition) is 2. The standard InChI is InChI=1S/C14H13ClN2O4/c15-9-3-4-12(11(6-9)14(16)19)21-8-13(18)17-7-10-2-1-5-20-10/h1-6H,7-8H2,(H2,16,19)(H,17,18). The average Bonchev–Trinajstić information content (AvgIpc) is 2.97. The van der Waals surface area contributed by atoms with Crippen molar-refractivity contribution in [2.45, 2.75) is 6.54 Å². The fraction of sp³-hybridized carbons (Fsp3) is 0.143. The molecule has 7 heteroatoms. The van der Waals surface area contributed by atoms with Crippen LogP contribution in [0.4, 0.5) is 0 Å². The first-order valence-electron chi connectivity index (χ1n) is 6.07. The van der Waals surface area contributed by atoms with Gasteiger partial charge in [0.05, 0.1) is 18.4 Å². The molecule has 110 valence electrons. The Balaban J connectivity index is 1.90. The van der Waals surface area contributed by atoms with Crippen LogP contribution in [0.1, 0.15) is 16.1 Å². The minimum Gasteiger partial charge on any atom is -0.483 e. The third-order valence-electron chi connectivity index (χ3n) is 2.61. The summed E-state index contributed by atoms with van der Waals surface area (Å²) in [6.45, 7) is 0.0150. The van der Waals surface area contributed by atoms with E-state index < -0.39 is 5.91 Å². The Labute approximate surface area is 125 Å². The molecule has 21 heavy (non-hydrogen) atoms. The van der Waals surface area contributed by atoms with Gasteiger partial charge in [0.25, 0.3) is 11.8 Å². The minimum absolute atomic E-state index is 0.126. The molecule has 2 aromatic rings. The van der Waals surface area contributed by atoms with Gasteiger partial charge >= 0.3 is 0 Å². The van der Waals surface area contributed by atoms with Gasteiger partial charge in [0.1, 0.15) is 11.5 Å². The fourth-order valence-electron chi connectivity index (χ4n) is 1.61. The van der Waals surface area contributed by atoms with Gasteiger partial charge < -0.3 is 20.2 Å². The lowest BCUT2D eigenvalue weighted by molar-refractivity contribution is -0.123. The number of primary amides is 1. The van der Waals surface area contributed by atoms with Crippen molar-refractivity contribution >= 4 is 23.4 Å². The molecule has 1 aromatic carbocycles. The summed E-state index contributed by atoms with van der Waals surface area (Å²) in [4.78, 5) is 22.9. The first-order valence-corrected chi connectivity index (χ1v) is 6.45. The van der Waals surface area contributed by atoms with Crippen LogP contribution in [0.25, 0.3) is 0 Å². The highest BCUT2D eigenvalue weighted by Gasteiger charge is 2.12. The number of carbonyl (C=O) groups excluding carboxylic acids is 2. The monoisotopic (exact) mass is 308 g/mol. The molecule has 0 unspecified atom stereocenters. The molecule has 2 amide bonds. The van der Waals surface area contributed by atoms with Crippen molar-refractivity contribution in [1.82, 2.24) is 5.32 Å². The van der Waals surface area contributed by atoms with E-state index >= 15 is 0 Å². The van der Waals surface area contributed by atoms with E-state index in [0.29, 0.717) is 10.8 Å². The zero-order chi connectivity index (χ0) is 15.2. The van der Waals surface area contributed by atoms with Crippen LogP contribution in [-0.4, -0.2) is 18.4 Å². The molecule has 0 saturated heterocycles. The van der Waals surface area contributed by atoms with E-state index in [1.807, 2.05) is 0 Å². The largest absolute Gasteiger partial charge is 0.483 e. The number of rotatable bonds is 6. The highest BCUT2D eigenvalue weighted by Crippen LogP contribution is 2.22. The molecule has 0 aliphatic rings. The molecule has 1 aromatic heterocycles. The van der Waals surface area contributed by atoms with Crippen LogP contribution in [-0.2, 0) is 11.3 Å². The normalized spacial score (nSPS) is 10.1. The number of nitrogens with two attached hydrogens (primary N) is 1. The fourth-order valence-corrected chi connectivity index (χ4v) is 1.79. The maximum atomic E-state index is 11.6. The summed E-state index contributed by atoms with van der Waals surface area (Å²) in [6, 6.07) is 7.89. The molecule has 2 rings (SSSR count). The van der Waals surface area contributed by atoms with Gasteiger partial charge in [-0.2, -0.15) is 0 Å². The van der Waals surface area contributed by atoms with E-state index in [1.54, 1.807) is 18.2 Å². The number of hydrogen-bond acceptors (Lipinski definition) is 4. The number of furan rings is 1. The number of halogens is 1. The first-order chi connectivity index (χ1) is 10.1. The lowest BCUT2D eigenvalue weighted by Crippen LogP contribution is -2.28. The van der Waals surface area contributed by atoms with Gasteiger partial charge in [-0.15, -0.1) is 0 Å². The zero-order valence-corrected chi connectivity index (χ0v) is 11.7. The Bertz CT molecular complexity index is 640. The smallest absolute Gasteiger partial charge is 0.258 e. The van der Waals surface area contributed by atoms with Crippen molar-refractivity contribution < 1.29 is 18.7 Å². The van der Waals surface area contributed by atoms with Crippen molar-refractivity contribution in [3.05, 3.63) is 52.9 Å². The van der Waals surface area contributed by atoms with E-state index in [4.69, 9.17) is 26.5 Å². The molecular formula is C14H13ClN2O4. The summed E-state index contributed by atoms with van der Waals surface area (Å²) in [6.07, 6.45) is 1.52. The Morgan fingerprint density at radius 2 is 2.14 bits per heavy atom. The van der Waals surface area contributed by atoms with Gasteiger partial charge in [-0.1, -0.05) is 11.6 Å². The third kappa shape index (κ3) is 4.25. The van der Waals surface area contributed by atoms with Crippen LogP contribution in [0.15, 0.2) is 41.0 Å². The summed E-state index contributed by atoms with van der Waals surface area (Å²) in [5.41, 5.74) is 5.35. The molecule has 0 spiro atoms. The van der Waals surface area contributed by atoms with E-state index in [-0.39, 0.29) is 30.4 Å². The molecule has 1 heterocycles. The highest BCUT2D eigenvalue weighted by atomic mass is 35.5. The van der Waals surface area contributed by atoms with Gasteiger partial charge in [0, 0.05) is 5.02 Å². The SMILES string of the molecule is NC(=O)c1cc(Cl)ccc1OCC(=O)NCc1ccco1. The Hall–Kier alpha value is -2.47. The van der Waals surface area contributed by atoms with Gasteiger partial charge in [0.2, 0.25) is 0 Å². The molecule has 6 nitrogen and oxygen atoms in total. The number of carbonyl (C=O) groups is 2. The third-order valence-corrected chi connectivity index (χ3v) is 2.84. The summed E-state index contributed by atoms with van der Waals surface area (Å²) < 4.78 is 10.4. The molecule has 0 bridgehead atoms. The Morgan fingerprint density at radius 1 is 1.33 bits per heavy atom. The summed E-state index contributed by atoms with van der Waals surface area (Å²) in [7, 11) is 0. The van der Waals surface area contributed by atoms with Crippen LogP contribution >= 0.6 is 11.6 Å². The van der Waals surface area contributed by atoms with E-state index in [1.165, 1.54) is 18.4 Å². The van der Waals surface area contributed by atoms with E-state index in [2.05, 4.69) is 5.32 Å². The van der Waals surface area contributed by atoms with Gasteiger partial charge in [-0.25, -0.2) is 0 Å². The second-order valence-electron chi connectivity index (χ2n) is 4.15. The Kier molecular flexibility index (Phi) is 4.84. The molecule has 0 saturated carbocycles.